The fourth-order valence-electron chi connectivity index (χ4n) is 3.92. The molecule has 0 spiro atoms. The number of aliphatic hydroxyl groups excluding tert-OH is 1. The van der Waals surface area contributed by atoms with Crippen LogP contribution < -0.4 is 4.74 Å². The molecule has 2 aromatic carbocycles. The molecule has 2 aromatic rings. The van der Waals surface area contributed by atoms with Gasteiger partial charge in [0.1, 0.15) is 18.0 Å². The molecule has 0 aromatic heterocycles. The molecular formula is C23H26ClFO4. The molecule has 156 valence electrons. The van der Waals surface area contributed by atoms with Crippen molar-refractivity contribution in [1.82, 2.24) is 0 Å². The van der Waals surface area contributed by atoms with E-state index in [9.17, 15) is 9.50 Å². The van der Waals surface area contributed by atoms with E-state index in [1.807, 2.05) is 42.5 Å². The molecule has 4 rings (SSSR count). The van der Waals surface area contributed by atoms with Crippen LogP contribution in [0.1, 0.15) is 42.1 Å². The van der Waals surface area contributed by atoms with Gasteiger partial charge in [0.15, 0.2) is 0 Å². The van der Waals surface area contributed by atoms with Gasteiger partial charge in [0.25, 0.3) is 0 Å². The van der Waals surface area contributed by atoms with E-state index in [-0.39, 0.29) is 25.2 Å². The van der Waals surface area contributed by atoms with Gasteiger partial charge < -0.3 is 19.3 Å². The van der Waals surface area contributed by atoms with Gasteiger partial charge in [0, 0.05) is 24.3 Å². The predicted octanol–water partition coefficient (Wildman–Crippen LogP) is 4.65. The van der Waals surface area contributed by atoms with E-state index in [1.54, 1.807) is 0 Å². The first kappa shape index (κ1) is 20.6. The van der Waals surface area contributed by atoms with Gasteiger partial charge in [-0.05, 0) is 41.3 Å². The van der Waals surface area contributed by atoms with Gasteiger partial charge in [-0.25, -0.2) is 4.39 Å². The van der Waals surface area contributed by atoms with Gasteiger partial charge in [0.05, 0.1) is 32.0 Å². The summed E-state index contributed by atoms with van der Waals surface area (Å²) >= 11 is 6.42. The third-order valence-electron chi connectivity index (χ3n) is 5.50. The molecule has 2 aliphatic rings. The molecule has 4 nitrogen and oxygen atoms in total. The van der Waals surface area contributed by atoms with Crippen LogP contribution >= 0.6 is 11.6 Å². The fraction of sp³-hybridized carbons (Fsp3) is 0.478. The Morgan fingerprint density at radius 2 is 1.97 bits per heavy atom. The lowest BCUT2D eigenvalue weighted by molar-refractivity contribution is -0.0974. The highest BCUT2D eigenvalue weighted by atomic mass is 35.5. The summed E-state index contributed by atoms with van der Waals surface area (Å²) in [6.07, 6.45) is 0.465. The Morgan fingerprint density at radius 1 is 1.14 bits per heavy atom. The zero-order valence-corrected chi connectivity index (χ0v) is 17.0. The quantitative estimate of drug-likeness (QED) is 0.739. The van der Waals surface area contributed by atoms with Crippen molar-refractivity contribution < 1.29 is 23.7 Å². The second kappa shape index (κ2) is 9.43. The van der Waals surface area contributed by atoms with Crippen LogP contribution in [0.2, 0.25) is 5.02 Å². The van der Waals surface area contributed by atoms with Crippen LogP contribution in [0.4, 0.5) is 4.39 Å². The molecule has 2 saturated heterocycles. The van der Waals surface area contributed by atoms with E-state index in [0.29, 0.717) is 24.5 Å². The van der Waals surface area contributed by atoms with Gasteiger partial charge >= 0.3 is 0 Å². The van der Waals surface area contributed by atoms with Crippen molar-refractivity contribution in [2.75, 3.05) is 19.8 Å². The van der Waals surface area contributed by atoms with Crippen LogP contribution in [-0.4, -0.2) is 43.3 Å². The monoisotopic (exact) mass is 420 g/mol. The first-order valence-electron chi connectivity index (χ1n) is 10.1. The average Bonchev–Trinajstić information content (AvgIpc) is 3.23. The van der Waals surface area contributed by atoms with Gasteiger partial charge in [-0.2, -0.15) is 0 Å². The molecule has 6 heteroatoms. The lowest BCUT2D eigenvalue weighted by atomic mass is 9.94. The maximum absolute atomic E-state index is 14.0. The number of aliphatic hydroxyl groups is 1. The third-order valence-corrected chi connectivity index (χ3v) is 5.87. The summed E-state index contributed by atoms with van der Waals surface area (Å²) in [4.78, 5) is 0. The molecule has 29 heavy (non-hydrogen) atoms. The van der Waals surface area contributed by atoms with E-state index < -0.39 is 12.3 Å². The van der Waals surface area contributed by atoms with Gasteiger partial charge in [-0.1, -0.05) is 35.9 Å². The molecule has 0 amide bonds. The molecule has 2 fully saturated rings. The average molecular weight is 421 g/mol. The normalized spacial score (nSPS) is 27.1. The highest BCUT2D eigenvalue weighted by Gasteiger charge is 2.30. The van der Waals surface area contributed by atoms with Crippen LogP contribution in [-0.2, 0) is 15.9 Å². The fourth-order valence-corrected chi connectivity index (χ4v) is 4.11. The maximum atomic E-state index is 14.0. The molecule has 0 bridgehead atoms. The zero-order valence-electron chi connectivity index (χ0n) is 16.2. The lowest BCUT2D eigenvalue weighted by Crippen LogP contribution is -2.31. The van der Waals surface area contributed by atoms with E-state index in [4.69, 9.17) is 25.8 Å². The minimum Gasteiger partial charge on any atom is -0.488 e. The van der Waals surface area contributed by atoms with Gasteiger partial charge in [0.2, 0.25) is 0 Å². The molecule has 2 heterocycles. The third kappa shape index (κ3) is 5.28. The van der Waals surface area contributed by atoms with Crippen LogP contribution in [0.25, 0.3) is 0 Å². The molecule has 2 aliphatic heterocycles. The second-order valence-electron chi connectivity index (χ2n) is 7.77. The van der Waals surface area contributed by atoms with Crippen molar-refractivity contribution >= 4 is 11.6 Å². The highest BCUT2D eigenvalue weighted by Crippen LogP contribution is 2.35. The van der Waals surface area contributed by atoms with Crippen molar-refractivity contribution in [3.63, 3.8) is 0 Å². The van der Waals surface area contributed by atoms with Crippen LogP contribution in [0.5, 0.6) is 5.75 Å². The maximum Gasteiger partial charge on any atom is 0.124 e. The molecule has 4 atom stereocenters. The van der Waals surface area contributed by atoms with E-state index in [2.05, 4.69) is 0 Å². The Labute approximate surface area is 175 Å². The van der Waals surface area contributed by atoms with Crippen molar-refractivity contribution in [3.8, 4) is 5.75 Å². The summed E-state index contributed by atoms with van der Waals surface area (Å²) < 4.78 is 31.1. The largest absolute Gasteiger partial charge is 0.488 e. The van der Waals surface area contributed by atoms with Gasteiger partial charge in [-0.3, -0.25) is 0 Å². The summed E-state index contributed by atoms with van der Waals surface area (Å²) in [7, 11) is 0. The molecule has 1 N–H and O–H groups in total. The predicted molar refractivity (Wildman–Crippen MR) is 109 cm³/mol. The molecule has 0 aliphatic carbocycles. The summed E-state index contributed by atoms with van der Waals surface area (Å²) in [5.41, 5.74) is 2.97. The van der Waals surface area contributed by atoms with E-state index in [1.165, 1.54) is 0 Å². The minimum atomic E-state index is -0.970. The Balaban J connectivity index is 1.45. The van der Waals surface area contributed by atoms with Crippen molar-refractivity contribution in [2.45, 2.75) is 50.2 Å². The Hall–Kier alpha value is -1.66. The molecule has 0 saturated carbocycles. The number of benzene rings is 2. The standard InChI is InChI=1S/C23H26ClFO4/c24-22-6-3-16(23-12-18(25)11-21(13-26)29-23)10-17(22)9-15-1-4-19(5-2-15)28-20-7-8-27-14-20/h1-6,10,18,20-21,23,26H,7-9,11-14H2/t18-,20-,21-,23+/m0/s1. The van der Waals surface area contributed by atoms with Crippen LogP contribution in [0.15, 0.2) is 42.5 Å². The second-order valence-corrected chi connectivity index (χ2v) is 8.18. The van der Waals surface area contributed by atoms with Gasteiger partial charge in [-0.15, -0.1) is 0 Å². The number of hydrogen-bond acceptors (Lipinski definition) is 4. The number of alkyl halides is 1. The molecule has 0 radical (unpaired) electrons. The first-order chi connectivity index (χ1) is 14.1. The Bertz CT molecular complexity index is 807. The number of hydrogen-bond donors (Lipinski definition) is 1. The first-order valence-corrected chi connectivity index (χ1v) is 10.5. The summed E-state index contributed by atoms with van der Waals surface area (Å²) in [6, 6.07) is 13.7. The minimum absolute atomic E-state index is 0.129. The van der Waals surface area contributed by atoms with Crippen LogP contribution in [0.3, 0.4) is 0 Å². The summed E-state index contributed by atoms with van der Waals surface area (Å²) in [5, 5.41) is 10.0. The zero-order chi connectivity index (χ0) is 20.2. The van der Waals surface area contributed by atoms with E-state index >= 15 is 0 Å². The van der Waals surface area contributed by atoms with Crippen molar-refractivity contribution in [3.05, 3.63) is 64.2 Å². The van der Waals surface area contributed by atoms with E-state index in [0.717, 1.165) is 35.5 Å². The molecular weight excluding hydrogens is 395 g/mol. The number of rotatable bonds is 6. The van der Waals surface area contributed by atoms with Crippen LogP contribution in [0, 0.1) is 0 Å². The SMILES string of the molecule is OC[C@@H]1C[C@H](F)C[C@H](c2ccc(Cl)c(Cc3ccc(O[C@H]4CCOC4)cc3)c2)O1. The Kier molecular flexibility index (Phi) is 6.70. The summed E-state index contributed by atoms with van der Waals surface area (Å²) in [5.74, 6) is 0.837. The van der Waals surface area contributed by atoms with Crippen molar-refractivity contribution in [2.24, 2.45) is 0 Å². The lowest BCUT2D eigenvalue weighted by Gasteiger charge is -2.31. The smallest absolute Gasteiger partial charge is 0.124 e. The Morgan fingerprint density at radius 3 is 2.69 bits per heavy atom. The number of halogens is 2. The highest BCUT2D eigenvalue weighted by molar-refractivity contribution is 6.31. The topological polar surface area (TPSA) is 47.9 Å². The number of ether oxygens (including phenoxy) is 3. The molecule has 0 unspecified atom stereocenters. The summed E-state index contributed by atoms with van der Waals surface area (Å²) in [6.45, 7) is 1.23. The van der Waals surface area contributed by atoms with Crippen molar-refractivity contribution in [1.29, 1.82) is 0 Å².